The number of carbonyl (C=O) groups is 2. The lowest BCUT2D eigenvalue weighted by Crippen LogP contribution is -2.14. The van der Waals surface area contributed by atoms with Crippen LogP contribution in [0.2, 0.25) is 0 Å². The van der Waals surface area contributed by atoms with Gasteiger partial charge in [-0.1, -0.05) is 0 Å². The monoisotopic (exact) mass is 170 g/mol. The minimum atomic E-state index is -0.305. The normalized spacial score (nSPS) is 23.2. The molecular weight excluding hydrogens is 158 g/mol. The van der Waals surface area contributed by atoms with Gasteiger partial charge in [-0.25, -0.2) is 4.79 Å². The zero-order chi connectivity index (χ0) is 8.97. The third kappa shape index (κ3) is 1.96. The van der Waals surface area contributed by atoms with Gasteiger partial charge in [-0.05, 0) is 12.8 Å². The Kier molecular flexibility index (Phi) is 3.08. The third-order valence-corrected chi connectivity index (χ3v) is 2.15. The van der Waals surface area contributed by atoms with Crippen LogP contribution in [0.5, 0.6) is 0 Å². The van der Waals surface area contributed by atoms with Crippen LogP contribution in [-0.4, -0.2) is 23.5 Å². The van der Waals surface area contributed by atoms with E-state index in [-0.39, 0.29) is 11.8 Å². The Balaban J connectivity index is 2.29. The smallest absolute Gasteiger partial charge is 0.303 e. The Morgan fingerprint density at radius 2 is 2.33 bits per heavy atom. The summed E-state index contributed by atoms with van der Waals surface area (Å²) in [5, 5.41) is 0. The van der Waals surface area contributed by atoms with Crippen molar-refractivity contribution in [3.05, 3.63) is 4.91 Å². The summed E-state index contributed by atoms with van der Waals surface area (Å²) >= 11 is 0. The molecule has 0 radical (unpaired) electrons. The molecule has 1 aliphatic rings. The molecule has 4 heteroatoms. The first-order valence-electron chi connectivity index (χ1n) is 4.18. The minimum absolute atomic E-state index is 0.123. The number of carbonyl (C=O) groups excluding carboxylic acids is 2. The second kappa shape index (κ2) is 4.09. The van der Waals surface area contributed by atoms with Crippen molar-refractivity contribution in [2.75, 3.05) is 6.54 Å². The molecule has 0 aromatic rings. The van der Waals surface area contributed by atoms with Gasteiger partial charge in [-0.2, -0.15) is 0 Å². The molecule has 12 heavy (non-hydrogen) atoms. The molecule has 0 spiro atoms. The van der Waals surface area contributed by atoms with E-state index in [4.69, 9.17) is 0 Å². The molecular formula is C8H12NO3+. The van der Waals surface area contributed by atoms with Gasteiger partial charge >= 0.3 is 5.91 Å². The zero-order valence-electron chi connectivity index (χ0n) is 6.86. The molecule has 1 unspecified atom stereocenters. The molecule has 4 nitrogen and oxygen atoms in total. The molecule has 1 rings (SSSR count). The fourth-order valence-electron chi connectivity index (χ4n) is 1.43. The average Bonchev–Trinajstić information content (AvgIpc) is 2.36. The first-order valence-corrected chi connectivity index (χ1v) is 4.18. The first kappa shape index (κ1) is 9.03. The zero-order valence-corrected chi connectivity index (χ0v) is 6.86. The summed E-state index contributed by atoms with van der Waals surface area (Å²) in [7, 11) is 0. The molecule has 1 fully saturated rings. The molecule has 0 aromatic heterocycles. The summed E-state index contributed by atoms with van der Waals surface area (Å²) in [5.74, 6) is -0.427. The Morgan fingerprint density at radius 1 is 1.58 bits per heavy atom. The Morgan fingerprint density at radius 3 is 2.83 bits per heavy atom. The summed E-state index contributed by atoms with van der Waals surface area (Å²) < 4.78 is 0.519. The van der Waals surface area contributed by atoms with Crippen molar-refractivity contribution >= 4 is 12.2 Å². The highest BCUT2D eigenvalue weighted by molar-refractivity contribution is 5.71. The van der Waals surface area contributed by atoms with Crippen LogP contribution >= 0.6 is 0 Å². The number of hydrogen-bond acceptors (Lipinski definition) is 3. The van der Waals surface area contributed by atoms with Gasteiger partial charge in [-0.3, -0.25) is 0 Å². The number of rotatable bonds is 4. The number of unbranched alkanes of at least 4 members (excludes halogenated alkanes) is 1. The lowest BCUT2D eigenvalue weighted by molar-refractivity contribution is -0.454. The summed E-state index contributed by atoms with van der Waals surface area (Å²) in [6, 6.07) is 0. The second-order valence-corrected chi connectivity index (χ2v) is 3.02. The van der Waals surface area contributed by atoms with E-state index in [0.29, 0.717) is 37.0 Å². The highest BCUT2D eigenvalue weighted by Crippen LogP contribution is 2.19. The predicted molar refractivity (Wildman–Crippen MR) is 41.5 cm³/mol. The van der Waals surface area contributed by atoms with Crippen molar-refractivity contribution in [3.8, 4) is 0 Å². The molecule has 66 valence electrons. The molecule has 1 heterocycles. The highest BCUT2D eigenvalue weighted by atomic mass is 16.3. The lowest BCUT2D eigenvalue weighted by Gasteiger charge is -1.97. The molecule has 1 aliphatic heterocycles. The van der Waals surface area contributed by atoms with Crippen LogP contribution in [0.4, 0.5) is 0 Å². The summed E-state index contributed by atoms with van der Waals surface area (Å²) in [4.78, 5) is 31.7. The fourth-order valence-corrected chi connectivity index (χ4v) is 1.43. The molecule has 1 atom stereocenters. The van der Waals surface area contributed by atoms with E-state index in [1.165, 1.54) is 0 Å². The maximum Gasteiger partial charge on any atom is 0.436 e. The topological polar surface area (TPSA) is 54.2 Å². The van der Waals surface area contributed by atoms with E-state index in [0.717, 1.165) is 6.29 Å². The Bertz CT molecular complexity index is 212. The van der Waals surface area contributed by atoms with Gasteiger partial charge in [-0.15, -0.1) is 0 Å². The summed E-state index contributed by atoms with van der Waals surface area (Å²) in [5.41, 5.74) is 0. The van der Waals surface area contributed by atoms with E-state index in [1.807, 2.05) is 0 Å². The molecule has 0 aliphatic carbocycles. The molecule has 0 saturated carbocycles. The van der Waals surface area contributed by atoms with E-state index in [2.05, 4.69) is 0 Å². The van der Waals surface area contributed by atoms with Gasteiger partial charge in [0.25, 0.3) is 0 Å². The van der Waals surface area contributed by atoms with Crippen LogP contribution in [-0.2, 0) is 9.59 Å². The molecule has 0 N–H and O–H groups in total. The van der Waals surface area contributed by atoms with Crippen LogP contribution in [0, 0.1) is 10.8 Å². The van der Waals surface area contributed by atoms with Gasteiger partial charge in [0.1, 0.15) is 6.29 Å². The van der Waals surface area contributed by atoms with Crippen LogP contribution in [0.25, 0.3) is 0 Å². The van der Waals surface area contributed by atoms with Crippen molar-refractivity contribution < 1.29 is 14.3 Å². The standard InChI is InChI=1S/C8H12NO3/c10-6-2-1-3-7-4-5-9(12)8(7)11/h6-7H,1-5H2/q+1. The number of amides is 1. The number of nitrogens with zero attached hydrogens (tertiary/aromatic N) is 1. The van der Waals surface area contributed by atoms with E-state index in [1.54, 1.807) is 0 Å². The van der Waals surface area contributed by atoms with E-state index < -0.39 is 0 Å². The van der Waals surface area contributed by atoms with E-state index >= 15 is 0 Å². The Hall–Kier alpha value is -1.06. The van der Waals surface area contributed by atoms with Crippen molar-refractivity contribution in [3.63, 3.8) is 0 Å². The van der Waals surface area contributed by atoms with Gasteiger partial charge in [0, 0.05) is 17.7 Å². The number of aldehydes is 1. The van der Waals surface area contributed by atoms with Crippen molar-refractivity contribution in [1.29, 1.82) is 0 Å². The average molecular weight is 170 g/mol. The van der Waals surface area contributed by atoms with Gasteiger partial charge in [0.2, 0.25) is 6.54 Å². The van der Waals surface area contributed by atoms with Crippen LogP contribution in [0.15, 0.2) is 0 Å². The summed E-state index contributed by atoms with van der Waals surface area (Å²) in [6.45, 7) is 0.324. The maximum atomic E-state index is 11.0. The second-order valence-electron chi connectivity index (χ2n) is 3.02. The van der Waals surface area contributed by atoms with Crippen LogP contribution < -0.4 is 0 Å². The van der Waals surface area contributed by atoms with Crippen LogP contribution in [0.3, 0.4) is 0 Å². The minimum Gasteiger partial charge on any atom is -0.303 e. The lowest BCUT2D eigenvalue weighted by atomic mass is 10.0. The largest absolute Gasteiger partial charge is 0.436 e. The van der Waals surface area contributed by atoms with Crippen molar-refractivity contribution in [1.82, 2.24) is 0 Å². The fraction of sp³-hybridized carbons (Fsp3) is 0.750. The SMILES string of the molecule is O=CCCCC1CC[N+](=O)C1=O. The number of hydrogen-bond donors (Lipinski definition) is 0. The highest BCUT2D eigenvalue weighted by Gasteiger charge is 2.39. The quantitative estimate of drug-likeness (QED) is 0.354. The third-order valence-electron chi connectivity index (χ3n) is 2.15. The molecule has 1 amide bonds. The molecule has 1 saturated heterocycles. The van der Waals surface area contributed by atoms with Crippen molar-refractivity contribution in [2.24, 2.45) is 5.92 Å². The predicted octanol–water partition coefficient (Wildman–Crippen LogP) is 0.681. The maximum absolute atomic E-state index is 11.0. The van der Waals surface area contributed by atoms with Crippen molar-refractivity contribution in [2.45, 2.75) is 25.7 Å². The Labute approximate surface area is 70.5 Å². The molecule has 0 aromatic carbocycles. The van der Waals surface area contributed by atoms with Gasteiger partial charge in [0.15, 0.2) is 0 Å². The van der Waals surface area contributed by atoms with Gasteiger partial charge < -0.3 is 4.79 Å². The van der Waals surface area contributed by atoms with E-state index in [9.17, 15) is 14.5 Å². The first-order chi connectivity index (χ1) is 5.75. The summed E-state index contributed by atoms with van der Waals surface area (Å²) in [6.07, 6.45) is 3.38. The van der Waals surface area contributed by atoms with Crippen LogP contribution in [0.1, 0.15) is 25.7 Å². The molecule has 0 bridgehead atoms. The number of nitroso groups, excluding NO2 is 1. The van der Waals surface area contributed by atoms with Gasteiger partial charge in [0.05, 0.1) is 10.7 Å².